The maximum atomic E-state index is 11.8. The van der Waals surface area contributed by atoms with E-state index in [0.717, 1.165) is 30.5 Å². The highest BCUT2D eigenvalue weighted by molar-refractivity contribution is 5.89. The third kappa shape index (κ3) is 5.58. The van der Waals surface area contributed by atoms with Crippen molar-refractivity contribution >= 4 is 11.7 Å². The third-order valence-corrected chi connectivity index (χ3v) is 3.39. The van der Waals surface area contributed by atoms with Crippen LogP contribution < -0.4 is 16.4 Å². The van der Waals surface area contributed by atoms with Crippen molar-refractivity contribution in [3.63, 3.8) is 0 Å². The van der Waals surface area contributed by atoms with Gasteiger partial charge in [0.25, 0.3) is 0 Å². The maximum Gasteiger partial charge on any atom is 0.319 e. The molecule has 0 saturated heterocycles. The lowest BCUT2D eigenvalue weighted by molar-refractivity contribution is 0.252. The monoisotopic (exact) mass is 297 g/mol. The smallest absolute Gasteiger partial charge is 0.319 e. The number of anilines is 1. The summed E-state index contributed by atoms with van der Waals surface area (Å²) >= 11 is 0. The maximum absolute atomic E-state index is 11.8. The molecule has 2 aromatic carbocycles. The second kappa shape index (κ2) is 8.85. The standard InChI is InChI=1S/C18H23N3O/c19-12-11-16-8-4-10-17(14-16)21-18(22)20-13-5-9-15-6-2-1-3-7-15/h1-4,6-8,10,14H,5,9,11-13,19H2,(H2,20,21,22). The first-order chi connectivity index (χ1) is 10.8. The molecule has 2 amide bonds. The molecule has 4 N–H and O–H groups in total. The molecule has 0 aliphatic heterocycles. The molecule has 2 rings (SSSR count). The van der Waals surface area contributed by atoms with Crippen LogP contribution in [-0.2, 0) is 12.8 Å². The number of carbonyl (C=O) groups is 1. The number of hydrogen-bond acceptors (Lipinski definition) is 2. The number of benzene rings is 2. The number of aryl methyl sites for hydroxylation is 1. The third-order valence-electron chi connectivity index (χ3n) is 3.39. The van der Waals surface area contributed by atoms with E-state index in [-0.39, 0.29) is 6.03 Å². The number of nitrogens with two attached hydrogens (primary N) is 1. The Bertz CT molecular complexity index is 584. The summed E-state index contributed by atoms with van der Waals surface area (Å²) in [6.07, 6.45) is 2.70. The van der Waals surface area contributed by atoms with Crippen molar-refractivity contribution in [3.8, 4) is 0 Å². The molecule has 0 heterocycles. The fourth-order valence-corrected chi connectivity index (χ4v) is 2.29. The molecule has 0 aromatic heterocycles. The summed E-state index contributed by atoms with van der Waals surface area (Å²) in [5, 5.41) is 5.73. The van der Waals surface area contributed by atoms with Gasteiger partial charge in [-0.25, -0.2) is 4.79 Å². The minimum atomic E-state index is -0.169. The first-order valence-electron chi connectivity index (χ1n) is 7.66. The van der Waals surface area contributed by atoms with Crippen LogP contribution in [0.15, 0.2) is 54.6 Å². The molecule has 2 aromatic rings. The molecule has 4 nitrogen and oxygen atoms in total. The van der Waals surface area contributed by atoms with Gasteiger partial charge >= 0.3 is 6.03 Å². The van der Waals surface area contributed by atoms with Gasteiger partial charge in [0.1, 0.15) is 0 Å². The number of carbonyl (C=O) groups excluding carboxylic acids is 1. The van der Waals surface area contributed by atoms with Gasteiger partial charge in [0.2, 0.25) is 0 Å². The number of hydrogen-bond donors (Lipinski definition) is 3. The van der Waals surface area contributed by atoms with Crippen LogP contribution in [0.25, 0.3) is 0 Å². The summed E-state index contributed by atoms with van der Waals surface area (Å²) in [6.45, 7) is 1.26. The van der Waals surface area contributed by atoms with Gasteiger partial charge in [-0.15, -0.1) is 0 Å². The average molecular weight is 297 g/mol. The van der Waals surface area contributed by atoms with E-state index in [0.29, 0.717) is 13.1 Å². The van der Waals surface area contributed by atoms with Gasteiger partial charge in [0, 0.05) is 12.2 Å². The van der Waals surface area contributed by atoms with Crippen molar-refractivity contribution in [2.45, 2.75) is 19.3 Å². The topological polar surface area (TPSA) is 67.1 Å². The molecule has 22 heavy (non-hydrogen) atoms. The van der Waals surface area contributed by atoms with E-state index in [4.69, 9.17) is 5.73 Å². The summed E-state index contributed by atoms with van der Waals surface area (Å²) in [6, 6.07) is 17.9. The summed E-state index contributed by atoms with van der Waals surface area (Å²) in [4.78, 5) is 11.8. The number of amides is 2. The molecule has 4 heteroatoms. The van der Waals surface area contributed by atoms with E-state index in [9.17, 15) is 4.79 Å². The van der Waals surface area contributed by atoms with Gasteiger partial charge in [0.15, 0.2) is 0 Å². The minimum Gasteiger partial charge on any atom is -0.338 e. The van der Waals surface area contributed by atoms with Gasteiger partial charge < -0.3 is 16.4 Å². The Hall–Kier alpha value is -2.33. The molecule has 0 atom stereocenters. The van der Waals surface area contributed by atoms with E-state index in [1.54, 1.807) is 0 Å². The van der Waals surface area contributed by atoms with E-state index < -0.39 is 0 Å². The fourth-order valence-electron chi connectivity index (χ4n) is 2.29. The highest BCUT2D eigenvalue weighted by Crippen LogP contribution is 2.10. The van der Waals surface area contributed by atoms with Crippen LogP contribution >= 0.6 is 0 Å². The molecule has 0 aliphatic carbocycles. The molecule has 0 radical (unpaired) electrons. The molecule has 0 saturated carbocycles. The van der Waals surface area contributed by atoms with Gasteiger partial charge in [-0.3, -0.25) is 0 Å². The fraction of sp³-hybridized carbons (Fsp3) is 0.278. The second-order valence-electron chi connectivity index (χ2n) is 5.21. The van der Waals surface area contributed by atoms with Crippen LogP contribution in [0, 0.1) is 0 Å². The Balaban J connectivity index is 1.70. The molecule has 0 unspecified atom stereocenters. The Labute approximate surface area is 131 Å². The van der Waals surface area contributed by atoms with E-state index in [1.165, 1.54) is 5.56 Å². The average Bonchev–Trinajstić information content (AvgIpc) is 2.53. The van der Waals surface area contributed by atoms with Crippen molar-refractivity contribution in [1.82, 2.24) is 5.32 Å². The molecule has 0 spiro atoms. The van der Waals surface area contributed by atoms with Crippen LogP contribution in [0.5, 0.6) is 0 Å². The van der Waals surface area contributed by atoms with Crippen LogP contribution in [0.1, 0.15) is 17.5 Å². The summed E-state index contributed by atoms with van der Waals surface area (Å²) in [7, 11) is 0. The van der Waals surface area contributed by atoms with Crippen LogP contribution in [-0.4, -0.2) is 19.1 Å². The summed E-state index contributed by atoms with van der Waals surface area (Å²) in [5.41, 5.74) is 8.76. The van der Waals surface area contributed by atoms with Gasteiger partial charge in [-0.1, -0.05) is 42.5 Å². The van der Waals surface area contributed by atoms with Gasteiger partial charge in [0.05, 0.1) is 0 Å². The highest BCUT2D eigenvalue weighted by atomic mass is 16.2. The predicted octanol–water partition coefficient (Wildman–Crippen LogP) is 2.94. The summed E-state index contributed by atoms with van der Waals surface area (Å²) in [5.74, 6) is 0. The normalized spacial score (nSPS) is 10.2. The SMILES string of the molecule is NCCc1cccc(NC(=O)NCCCc2ccccc2)c1. The Morgan fingerprint density at radius 2 is 1.73 bits per heavy atom. The quantitative estimate of drug-likeness (QED) is 0.688. The minimum absolute atomic E-state index is 0.169. The van der Waals surface area contributed by atoms with Crippen LogP contribution in [0.2, 0.25) is 0 Å². The summed E-state index contributed by atoms with van der Waals surface area (Å²) < 4.78 is 0. The number of nitrogens with one attached hydrogen (secondary N) is 2. The molecule has 0 bridgehead atoms. The van der Waals surface area contributed by atoms with Crippen molar-refractivity contribution in [3.05, 3.63) is 65.7 Å². The molecular weight excluding hydrogens is 274 g/mol. The van der Waals surface area contributed by atoms with Crippen molar-refractivity contribution < 1.29 is 4.79 Å². The first-order valence-corrected chi connectivity index (χ1v) is 7.66. The zero-order valence-electron chi connectivity index (χ0n) is 12.7. The molecular formula is C18H23N3O. The predicted molar refractivity (Wildman–Crippen MR) is 91.0 cm³/mol. The largest absolute Gasteiger partial charge is 0.338 e. The number of rotatable bonds is 7. The van der Waals surface area contributed by atoms with Gasteiger partial charge in [-0.05, 0) is 49.1 Å². The highest BCUT2D eigenvalue weighted by Gasteiger charge is 2.02. The molecule has 116 valence electrons. The first kappa shape index (κ1) is 16.0. The van der Waals surface area contributed by atoms with Crippen LogP contribution in [0.3, 0.4) is 0 Å². The van der Waals surface area contributed by atoms with Crippen LogP contribution in [0.4, 0.5) is 10.5 Å². The number of urea groups is 1. The van der Waals surface area contributed by atoms with Crippen molar-refractivity contribution in [1.29, 1.82) is 0 Å². The van der Waals surface area contributed by atoms with Gasteiger partial charge in [-0.2, -0.15) is 0 Å². The lowest BCUT2D eigenvalue weighted by atomic mass is 10.1. The Morgan fingerprint density at radius 3 is 2.50 bits per heavy atom. The molecule has 0 fully saturated rings. The zero-order chi connectivity index (χ0) is 15.6. The lowest BCUT2D eigenvalue weighted by Crippen LogP contribution is -2.29. The lowest BCUT2D eigenvalue weighted by Gasteiger charge is -2.09. The van der Waals surface area contributed by atoms with E-state index in [1.807, 2.05) is 42.5 Å². The molecule has 0 aliphatic rings. The van der Waals surface area contributed by atoms with Crippen molar-refractivity contribution in [2.75, 3.05) is 18.4 Å². The second-order valence-corrected chi connectivity index (χ2v) is 5.21. The Morgan fingerprint density at radius 1 is 0.955 bits per heavy atom. The Kier molecular flexibility index (Phi) is 6.45. The van der Waals surface area contributed by atoms with E-state index in [2.05, 4.69) is 22.8 Å². The van der Waals surface area contributed by atoms with E-state index >= 15 is 0 Å². The van der Waals surface area contributed by atoms with Crippen molar-refractivity contribution in [2.24, 2.45) is 5.73 Å². The zero-order valence-corrected chi connectivity index (χ0v) is 12.7.